The molecule has 1 aromatic heterocycles. The number of ether oxygens (including phenoxy) is 2. The summed E-state index contributed by atoms with van der Waals surface area (Å²) in [5.74, 6) is -2.99. The number of esters is 1. The van der Waals surface area contributed by atoms with Gasteiger partial charge in [0.05, 0.1) is 25.0 Å². The van der Waals surface area contributed by atoms with E-state index in [0.29, 0.717) is 0 Å². The molecule has 1 amide bonds. The van der Waals surface area contributed by atoms with E-state index in [1.54, 1.807) is 5.32 Å². The lowest BCUT2D eigenvalue weighted by molar-refractivity contribution is -0.204. The Balaban J connectivity index is 2.58. The number of anilines is 1. The molecule has 0 radical (unpaired) electrons. The van der Waals surface area contributed by atoms with Crippen molar-refractivity contribution in [3.8, 4) is 5.75 Å². The Labute approximate surface area is 169 Å². The molecule has 0 unspecified atom stereocenters. The van der Waals surface area contributed by atoms with Crippen LogP contribution in [0.1, 0.15) is 17.3 Å². The molecule has 1 heterocycles. The summed E-state index contributed by atoms with van der Waals surface area (Å²) in [4.78, 5) is 28.6. The average Bonchev–Trinajstić information content (AvgIpc) is 2.67. The quantitative estimate of drug-likeness (QED) is 0.516. The lowest BCUT2D eigenvalue weighted by Gasteiger charge is -2.35. The van der Waals surface area contributed by atoms with Crippen LogP contribution in [0.5, 0.6) is 5.75 Å². The molecule has 0 spiro atoms. The molecule has 0 bridgehead atoms. The first kappa shape index (κ1) is 22.3. The lowest BCUT2D eigenvalue weighted by atomic mass is 10.1. The van der Waals surface area contributed by atoms with Crippen molar-refractivity contribution in [3.05, 3.63) is 53.3 Å². The summed E-state index contributed by atoms with van der Waals surface area (Å²) in [7, 11) is 1.22. The Morgan fingerprint density at radius 2 is 1.97 bits per heavy atom. The zero-order valence-corrected chi connectivity index (χ0v) is 16.1. The van der Waals surface area contributed by atoms with E-state index in [1.807, 2.05) is 5.32 Å². The molecule has 7 nitrogen and oxygen atoms in total. The van der Waals surface area contributed by atoms with Crippen molar-refractivity contribution in [3.63, 3.8) is 0 Å². The fourth-order valence-electron chi connectivity index (χ4n) is 2.35. The van der Waals surface area contributed by atoms with Gasteiger partial charge in [0.1, 0.15) is 5.75 Å². The highest BCUT2D eigenvalue weighted by Crippen LogP contribution is 2.37. The largest absolute Gasteiger partial charge is 0.495 e. The Morgan fingerprint density at radius 1 is 1.24 bits per heavy atom. The van der Waals surface area contributed by atoms with E-state index in [9.17, 15) is 22.8 Å². The molecule has 0 aliphatic rings. The van der Waals surface area contributed by atoms with Crippen LogP contribution in [0.3, 0.4) is 0 Å². The van der Waals surface area contributed by atoms with E-state index in [-0.39, 0.29) is 28.6 Å². The van der Waals surface area contributed by atoms with Crippen LogP contribution in [-0.4, -0.2) is 42.4 Å². The molecule has 2 N–H and O–H groups in total. The fraction of sp³-hybridized carbons (Fsp3) is 0.278. The Kier molecular flexibility index (Phi) is 6.91. The Hall–Kier alpha value is -3.01. The zero-order chi connectivity index (χ0) is 21.7. The topological polar surface area (TPSA) is 89.5 Å². The summed E-state index contributed by atoms with van der Waals surface area (Å²) in [6.45, 7) is 0.982. The standard InChI is InChI=1S/C18H17ClF3N3O4/c1-3-29-16(27)17(18(20,21)22,25-15(26)11-5-4-8-23-10-11)24-13-9-12(19)6-7-14(13)28-2/h4-10,24H,3H2,1-2H3,(H,25,26)/t17-/m0/s1. The summed E-state index contributed by atoms with van der Waals surface area (Å²) in [6.07, 6.45) is -2.90. The van der Waals surface area contributed by atoms with Crippen molar-refractivity contribution in [2.75, 3.05) is 19.0 Å². The molecule has 2 rings (SSSR count). The van der Waals surface area contributed by atoms with Crippen LogP contribution in [0, 0.1) is 0 Å². The number of methoxy groups -OCH3 is 1. The van der Waals surface area contributed by atoms with Gasteiger partial charge in [-0.15, -0.1) is 0 Å². The zero-order valence-electron chi connectivity index (χ0n) is 15.3. The molecule has 11 heteroatoms. The molecule has 156 valence electrons. The molecular formula is C18H17ClF3N3O4. The number of hydrogen-bond donors (Lipinski definition) is 2. The second-order valence-electron chi connectivity index (χ2n) is 5.63. The van der Waals surface area contributed by atoms with Gasteiger partial charge >= 0.3 is 17.8 Å². The minimum atomic E-state index is -5.30. The molecular weight excluding hydrogens is 415 g/mol. The van der Waals surface area contributed by atoms with Crippen molar-refractivity contribution in [1.82, 2.24) is 10.3 Å². The predicted molar refractivity (Wildman–Crippen MR) is 98.7 cm³/mol. The molecule has 1 aromatic carbocycles. The maximum Gasteiger partial charge on any atom is 0.441 e. The SMILES string of the molecule is CCOC(=O)[C@@](NC(=O)c1cccnc1)(Nc1cc(Cl)ccc1OC)C(F)(F)F. The number of amides is 1. The fourth-order valence-corrected chi connectivity index (χ4v) is 2.52. The van der Waals surface area contributed by atoms with Crippen molar-refractivity contribution >= 4 is 29.2 Å². The molecule has 2 aromatic rings. The second kappa shape index (κ2) is 8.99. The number of nitrogens with one attached hydrogen (secondary N) is 2. The lowest BCUT2D eigenvalue weighted by Crippen LogP contribution is -2.69. The van der Waals surface area contributed by atoms with Crippen LogP contribution in [0.4, 0.5) is 18.9 Å². The minimum absolute atomic E-state index is 0.0389. The highest BCUT2D eigenvalue weighted by atomic mass is 35.5. The number of rotatable bonds is 7. The van der Waals surface area contributed by atoms with Crippen LogP contribution in [0.2, 0.25) is 5.02 Å². The molecule has 0 saturated heterocycles. The monoisotopic (exact) mass is 431 g/mol. The smallest absolute Gasteiger partial charge is 0.441 e. The summed E-state index contributed by atoms with van der Waals surface area (Å²) in [6, 6.07) is 6.42. The molecule has 0 aliphatic heterocycles. The van der Waals surface area contributed by atoms with Gasteiger partial charge in [0.15, 0.2) is 0 Å². The van der Waals surface area contributed by atoms with Gasteiger partial charge in [-0.1, -0.05) is 11.6 Å². The van der Waals surface area contributed by atoms with Gasteiger partial charge in [0, 0.05) is 17.4 Å². The molecule has 0 fully saturated rings. The van der Waals surface area contributed by atoms with Gasteiger partial charge in [-0.3, -0.25) is 9.78 Å². The van der Waals surface area contributed by atoms with Crippen molar-refractivity contribution in [2.45, 2.75) is 18.8 Å². The summed E-state index contributed by atoms with van der Waals surface area (Å²) < 4.78 is 52.2. The summed E-state index contributed by atoms with van der Waals surface area (Å²) >= 11 is 5.87. The first-order valence-electron chi connectivity index (χ1n) is 8.22. The minimum Gasteiger partial charge on any atom is -0.495 e. The van der Waals surface area contributed by atoms with Crippen LogP contribution in [0.15, 0.2) is 42.7 Å². The molecule has 1 atom stereocenters. The van der Waals surface area contributed by atoms with E-state index in [0.717, 1.165) is 12.3 Å². The van der Waals surface area contributed by atoms with E-state index in [1.165, 1.54) is 44.5 Å². The normalized spacial score (nSPS) is 13.2. The first-order chi connectivity index (χ1) is 13.6. The van der Waals surface area contributed by atoms with Gasteiger partial charge in [-0.05, 0) is 37.3 Å². The van der Waals surface area contributed by atoms with Crippen LogP contribution in [-0.2, 0) is 9.53 Å². The number of pyridine rings is 1. The predicted octanol–water partition coefficient (Wildman–Crippen LogP) is 3.41. The number of halogens is 4. The number of aromatic nitrogens is 1. The second-order valence-corrected chi connectivity index (χ2v) is 6.07. The third-order valence-electron chi connectivity index (χ3n) is 3.72. The highest BCUT2D eigenvalue weighted by Gasteiger charge is 2.64. The van der Waals surface area contributed by atoms with Crippen LogP contribution >= 0.6 is 11.6 Å². The van der Waals surface area contributed by atoms with Crippen LogP contribution in [0.25, 0.3) is 0 Å². The van der Waals surface area contributed by atoms with Gasteiger partial charge in [0.2, 0.25) is 0 Å². The van der Waals surface area contributed by atoms with Crippen molar-refractivity contribution in [1.29, 1.82) is 0 Å². The number of carbonyl (C=O) groups excluding carboxylic acids is 2. The number of carbonyl (C=O) groups is 2. The average molecular weight is 432 g/mol. The van der Waals surface area contributed by atoms with E-state index < -0.39 is 23.7 Å². The first-order valence-corrected chi connectivity index (χ1v) is 8.60. The van der Waals surface area contributed by atoms with E-state index in [2.05, 4.69) is 9.72 Å². The maximum atomic E-state index is 14.2. The van der Waals surface area contributed by atoms with Crippen LogP contribution < -0.4 is 15.4 Å². The van der Waals surface area contributed by atoms with Crippen molar-refractivity contribution in [2.24, 2.45) is 0 Å². The van der Waals surface area contributed by atoms with Gasteiger partial charge in [0.25, 0.3) is 5.91 Å². The Morgan fingerprint density at radius 3 is 2.52 bits per heavy atom. The molecule has 29 heavy (non-hydrogen) atoms. The highest BCUT2D eigenvalue weighted by molar-refractivity contribution is 6.31. The van der Waals surface area contributed by atoms with E-state index >= 15 is 0 Å². The third kappa shape index (κ3) is 4.89. The number of benzene rings is 1. The van der Waals surface area contributed by atoms with E-state index in [4.69, 9.17) is 16.3 Å². The van der Waals surface area contributed by atoms with Gasteiger partial charge in [-0.2, -0.15) is 13.2 Å². The molecule has 0 aliphatic carbocycles. The van der Waals surface area contributed by atoms with Gasteiger partial charge < -0.3 is 20.1 Å². The van der Waals surface area contributed by atoms with Gasteiger partial charge in [-0.25, -0.2) is 4.79 Å². The Bertz CT molecular complexity index is 880. The number of hydrogen-bond acceptors (Lipinski definition) is 6. The number of nitrogens with zero attached hydrogens (tertiary/aromatic N) is 1. The molecule has 0 saturated carbocycles. The van der Waals surface area contributed by atoms with Crippen molar-refractivity contribution < 1.29 is 32.2 Å². The maximum absolute atomic E-state index is 14.2. The summed E-state index contributed by atoms with van der Waals surface area (Å²) in [5.41, 5.74) is -4.09. The summed E-state index contributed by atoms with van der Waals surface area (Å²) in [5, 5.41) is 3.79. The third-order valence-corrected chi connectivity index (χ3v) is 3.95. The number of alkyl halides is 3.